The molecule has 0 saturated heterocycles. The number of benzene rings is 2. The number of phenols is 1. The van der Waals surface area contributed by atoms with Crippen molar-refractivity contribution in [1.29, 1.82) is 0 Å². The summed E-state index contributed by atoms with van der Waals surface area (Å²) in [5.41, 5.74) is 2.41. The lowest BCUT2D eigenvalue weighted by atomic mass is 9.86. The van der Waals surface area contributed by atoms with Gasteiger partial charge in [-0.25, -0.2) is 0 Å². The Morgan fingerprint density at radius 1 is 1.21 bits per heavy atom. The van der Waals surface area contributed by atoms with Crippen molar-refractivity contribution in [2.45, 2.75) is 19.4 Å². The van der Waals surface area contributed by atoms with Crippen LogP contribution in [0.25, 0.3) is 0 Å². The first-order valence-electron chi connectivity index (χ1n) is 7.77. The fraction of sp³-hybridized carbons (Fsp3) is 0.316. The lowest BCUT2D eigenvalue weighted by Crippen LogP contribution is -2.24. The van der Waals surface area contributed by atoms with E-state index in [9.17, 15) is 9.90 Å². The Kier molecular flexibility index (Phi) is 4.34. The standard InChI is InChI=1S/C19H20O5/c1-11-6-15-13(10-20)7-14(22-2)9-17(15)24-19(11)12-4-5-16(21)18(8-12)23-3/h4-5,7-11,19,21H,6H2,1-3H3/t11-,19-/m0/s1. The molecule has 0 spiro atoms. The van der Waals surface area contributed by atoms with Crippen LogP contribution in [0.2, 0.25) is 0 Å². The molecule has 1 N–H and O–H groups in total. The van der Waals surface area contributed by atoms with Crippen molar-refractivity contribution < 1.29 is 24.1 Å². The Morgan fingerprint density at radius 3 is 2.67 bits per heavy atom. The zero-order valence-corrected chi connectivity index (χ0v) is 13.9. The summed E-state index contributed by atoms with van der Waals surface area (Å²) >= 11 is 0. The molecule has 0 unspecified atom stereocenters. The van der Waals surface area contributed by atoms with E-state index in [1.165, 1.54) is 7.11 Å². The SMILES string of the molecule is COc1cc(C=O)c2c(c1)O[C@H](c1ccc(O)c(OC)c1)[C@@H](C)C2. The Balaban J connectivity index is 2.01. The molecular weight excluding hydrogens is 308 g/mol. The number of carbonyl (C=O) groups excluding carboxylic acids is 1. The molecule has 2 aromatic rings. The summed E-state index contributed by atoms with van der Waals surface area (Å²) in [7, 11) is 3.07. The second kappa shape index (κ2) is 6.43. The minimum absolute atomic E-state index is 0.0926. The summed E-state index contributed by atoms with van der Waals surface area (Å²) in [6, 6.07) is 8.74. The summed E-state index contributed by atoms with van der Waals surface area (Å²) in [4.78, 5) is 11.4. The van der Waals surface area contributed by atoms with Gasteiger partial charge in [-0.1, -0.05) is 13.0 Å². The van der Waals surface area contributed by atoms with Crippen LogP contribution in [0.4, 0.5) is 0 Å². The van der Waals surface area contributed by atoms with Gasteiger partial charge in [0.05, 0.1) is 14.2 Å². The fourth-order valence-corrected chi connectivity index (χ4v) is 3.14. The van der Waals surface area contributed by atoms with Gasteiger partial charge in [-0.15, -0.1) is 0 Å². The average molecular weight is 328 g/mol. The van der Waals surface area contributed by atoms with E-state index in [-0.39, 0.29) is 17.8 Å². The molecule has 2 atom stereocenters. The van der Waals surface area contributed by atoms with E-state index in [0.29, 0.717) is 22.8 Å². The first-order chi connectivity index (χ1) is 11.6. The molecule has 2 aromatic carbocycles. The van der Waals surface area contributed by atoms with Gasteiger partial charge >= 0.3 is 0 Å². The molecule has 0 amide bonds. The van der Waals surface area contributed by atoms with Gasteiger partial charge in [0.15, 0.2) is 17.8 Å². The van der Waals surface area contributed by atoms with Crippen LogP contribution in [0.3, 0.4) is 0 Å². The molecule has 24 heavy (non-hydrogen) atoms. The Morgan fingerprint density at radius 2 is 2.00 bits per heavy atom. The minimum Gasteiger partial charge on any atom is -0.504 e. The molecule has 5 heteroatoms. The molecular formula is C19H20O5. The van der Waals surface area contributed by atoms with Crippen LogP contribution in [0.15, 0.2) is 30.3 Å². The van der Waals surface area contributed by atoms with E-state index in [1.807, 2.05) is 6.07 Å². The third kappa shape index (κ3) is 2.77. The van der Waals surface area contributed by atoms with Crippen LogP contribution in [-0.2, 0) is 6.42 Å². The Labute approximate surface area is 140 Å². The first kappa shape index (κ1) is 16.2. The molecule has 3 rings (SSSR count). The van der Waals surface area contributed by atoms with Gasteiger partial charge in [0.25, 0.3) is 0 Å². The molecule has 0 saturated carbocycles. The van der Waals surface area contributed by atoms with Crippen LogP contribution in [0.5, 0.6) is 23.0 Å². The molecule has 1 aliphatic heterocycles. The number of phenolic OH excluding ortho intramolecular Hbond substituents is 1. The molecule has 0 bridgehead atoms. The molecule has 0 aromatic heterocycles. The number of aromatic hydroxyl groups is 1. The highest BCUT2D eigenvalue weighted by Gasteiger charge is 2.30. The van der Waals surface area contributed by atoms with Gasteiger partial charge in [0.1, 0.15) is 17.6 Å². The Hall–Kier alpha value is -2.69. The summed E-state index contributed by atoms with van der Waals surface area (Å²) < 4.78 is 16.6. The maximum atomic E-state index is 11.4. The average Bonchev–Trinajstić information content (AvgIpc) is 2.61. The van der Waals surface area contributed by atoms with Crippen molar-refractivity contribution in [3.63, 3.8) is 0 Å². The molecule has 1 heterocycles. The van der Waals surface area contributed by atoms with Crippen molar-refractivity contribution in [2.24, 2.45) is 5.92 Å². The maximum absolute atomic E-state index is 11.4. The summed E-state index contributed by atoms with van der Waals surface area (Å²) in [6.45, 7) is 2.08. The monoisotopic (exact) mass is 328 g/mol. The Bertz CT molecular complexity index is 769. The minimum atomic E-state index is -0.196. The zero-order chi connectivity index (χ0) is 17.3. The summed E-state index contributed by atoms with van der Waals surface area (Å²) in [5, 5.41) is 9.77. The predicted molar refractivity (Wildman–Crippen MR) is 89.3 cm³/mol. The van der Waals surface area contributed by atoms with E-state index in [2.05, 4.69) is 6.92 Å². The van der Waals surface area contributed by atoms with Crippen molar-refractivity contribution in [3.8, 4) is 23.0 Å². The quantitative estimate of drug-likeness (QED) is 0.870. The van der Waals surface area contributed by atoms with E-state index >= 15 is 0 Å². The van der Waals surface area contributed by atoms with Crippen LogP contribution >= 0.6 is 0 Å². The first-order valence-corrected chi connectivity index (χ1v) is 7.77. The van der Waals surface area contributed by atoms with Crippen molar-refractivity contribution in [1.82, 2.24) is 0 Å². The number of hydrogen-bond acceptors (Lipinski definition) is 5. The topological polar surface area (TPSA) is 65.0 Å². The highest BCUT2D eigenvalue weighted by Crippen LogP contribution is 2.43. The number of fused-ring (bicyclic) bond motifs is 1. The van der Waals surface area contributed by atoms with E-state index in [4.69, 9.17) is 14.2 Å². The number of methoxy groups -OCH3 is 2. The van der Waals surface area contributed by atoms with Crippen molar-refractivity contribution >= 4 is 6.29 Å². The van der Waals surface area contributed by atoms with Gasteiger partial charge in [-0.05, 0) is 30.2 Å². The van der Waals surface area contributed by atoms with Crippen molar-refractivity contribution in [2.75, 3.05) is 14.2 Å². The molecule has 0 fully saturated rings. The van der Waals surface area contributed by atoms with Gasteiger partial charge in [-0.2, -0.15) is 0 Å². The van der Waals surface area contributed by atoms with Gasteiger partial charge in [0, 0.05) is 23.1 Å². The third-order valence-electron chi connectivity index (χ3n) is 4.41. The van der Waals surface area contributed by atoms with Crippen LogP contribution < -0.4 is 14.2 Å². The molecule has 5 nitrogen and oxygen atoms in total. The summed E-state index contributed by atoms with van der Waals surface area (Å²) in [5.74, 6) is 1.92. The maximum Gasteiger partial charge on any atom is 0.160 e. The fourth-order valence-electron chi connectivity index (χ4n) is 3.14. The molecule has 1 aliphatic rings. The number of aldehydes is 1. The second-order valence-electron chi connectivity index (χ2n) is 5.96. The van der Waals surface area contributed by atoms with Gasteiger partial charge in [-0.3, -0.25) is 4.79 Å². The zero-order valence-electron chi connectivity index (χ0n) is 13.9. The van der Waals surface area contributed by atoms with Crippen LogP contribution in [0, 0.1) is 5.92 Å². The smallest absolute Gasteiger partial charge is 0.160 e. The van der Waals surface area contributed by atoms with Crippen LogP contribution in [-0.4, -0.2) is 25.6 Å². The molecule has 126 valence electrons. The predicted octanol–water partition coefficient (Wildman–Crippen LogP) is 3.53. The number of rotatable bonds is 4. The number of carbonyl (C=O) groups is 1. The van der Waals surface area contributed by atoms with E-state index < -0.39 is 0 Å². The third-order valence-corrected chi connectivity index (χ3v) is 4.41. The number of hydrogen-bond donors (Lipinski definition) is 1. The highest BCUT2D eigenvalue weighted by molar-refractivity contribution is 5.80. The summed E-state index contributed by atoms with van der Waals surface area (Å²) in [6.07, 6.45) is 1.36. The second-order valence-corrected chi connectivity index (χ2v) is 5.96. The normalized spacial score (nSPS) is 19.1. The largest absolute Gasteiger partial charge is 0.504 e. The van der Waals surface area contributed by atoms with Crippen molar-refractivity contribution in [3.05, 3.63) is 47.0 Å². The lowest BCUT2D eigenvalue weighted by Gasteiger charge is -2.33. The van der Waals surface area contributed by atoms with Gasteiger partial charge < -0.3 is 19.3 Å². The van der Waals surface area contributed by atoms with E-state index in [0.717, 1.165) is 23.8 Å². The van der Waals surface area contributed by atoms with E-state index in [1.54, 1.807) is 31.4 Å². The van der Waals surface area contributed by atoms with Gasteiger partial charge in [0.2, 0.25) is 0 Å². The number of ether oxygens (including phenoxy) is 3. The molecule has 0 radical (unpaired) electrons. The molecule has 0 aliphatic carbocycles. The highest BCUT2D eigenvalue weighted by atomic mass is 16.5. The lowest BCUT2D eigenvalue weighted by molar-refractivity contribution is 0.110. The van der Waals surface area contributed by atoms with Crippen LogP contribution in [0.1, 0.15) is 34.5 Å².